The fourth-order valence-electron chi connectivity index (χ4n) is 1.75. The van der Waals surface area contributed by atoms with Crippen LogP contribution in [0.5, 0.6) is 0 Å². The minimum atomic E-state index is -3.34. The van der Waals surface area contributed by atoms with Gasteiger partial charge in [0.2, 0.25) is 5.91 Å². The fraction of sp³-hybridized carbons (Fsp3) is 0.455. The van der Waals surface area contributed by atoms with Crippen molar-refractivity contribution in [1.29, 1.82) is 0 Å². The zero-order valence-corrected chi connectivity index (χ0v) is 11.2. The van der Waals surface area contributed by atoms with Crippen LogP contribution in [0.2, 0.25) is 0 Å². The molecule has 0 aliphatic carbocycles. The lowest BCUT2D eigenvalue weighted by atomic mass is 10.0. The fourth-order valence-corrected chi connectivity index (χ4v) is 2.31. The van der Waals surface area contributed by atoms with Gasteiger partial charge in [-0.2, -0.15) is 0 Å². The molecule has 1 fully saturated rings. The molecule has 0 spiro atoms. The van der Waals surface area contributed by atoms with Crippen molar-refractivity contribution in [3.8, 4) is 0 Å². The molecule has 0 bridgehead atoms. The standard InChI is InChI=1S/C11H15N3O4S/c1-19(16,17)10-3-2-7(4-13-10)14-11(15)8-5-18-6-9(8)12/h2-4,8-9H,5-6,12H2,1H3,(H,14,15). The van der Waals surface area contributed by atoms with Gasteiger partial charge in [-0.1, -0.05) is 0 Å². The zero-order chi connectivity index (χ0) is 14.0. The Balaban J connectivity index is 2.06. The van der Waals surface area contributed by atoms with Crippen molar-refractivity contribution in [2.24, 2.45) is 11.7 Å². The molecule has 0 aromatic carbocycles. The summed E-state index contributed by atoms with van der Waals surface area (Å²) in [5.74, 6) is -0.645. The van der Waals surface area contributed by atoms with Gasteiger partial charge in [-0.3, -0.25) is 4.79 Å². The van der Waals surface area contributed by atoms with E-state index in [2.05, 4.69) is 10.3 Å². The highest BCUT2D eigenvalue weighted by Crippen LogP contribution is 2.16. The average Bonchev–Trinajstić information content (AvgIpc) is 2.75. The van der Waals surface area contributed by atoms with Gasteiger partial charge in [-0.05, 0) is 12.1 Å². The molecule has 3 N–H and O–H groups in total. The summed E-state index contributed by atoms with van der Waals surface area (Å²) in [4.78, 5) is 15.7. The highest BCUT2D eigenvalue weighted by Gasteiger charge is 2.31. The van der Waals surface area contributed by atoms with E-state index in [4.69, 9.17) is 10.5 Å². The van der Waals surface area contributed by atoms with E-state index in [1.54, 1.807) is 0 Å². The van der Waals surface area contributed by atoms with E-state index in [9.17, 15) is 13.2 Å². The van der Waals surface area contributed by atoms with Gasteiger partial charge in [0, 0.05) is 12.3 Å². The van der Waals surface area contributed by atoms with Crippen LogP contribution in [0, 0.1) is 5.92 Å². The zero-order valence-electron chi connectivity index (χ0n) is 10.4. The number of aromatic nitrogens is 1. The van der Waals surface area contributed by atoms with Crippen LogP contribution in [0.1, 0.15) is 0 Å². The van der Waals surface area contributed by atoms with Gasteiger partial charge in [0.15, 0.2) is 14.9 Å². The maximum absolute atomic E-state index is 11.9. The van der Waals surface area contributed by atoms with Crippen LogP contribution in [0.25, 0.3) is 0 Å². The van der Waals surface area contributed by atoms with Gasteiger partial charge in [0.05, 0.1) is 31.0 Å². The summed E-state index contributed by atoms with van der Waals surface area (Å²) in [6.45, 7) is 0.658. The number of hydrogen-bond donors (Lipinski definition) is 2. The number of carbonyl (C=O) groups is 1. The van der Waals surface area contributed by atoms with Crippen LogP contribution in [-0.2, 0) is 19.4 Å². The Morgan fingerprint density at radius 2 is 2.21 bits per heavy atom. The maximum atomic E-state index is 11.9. The molecule has 2 heterocycles. The quantitative estimate of drug-likeness (QED) is 0.767. The number of hydrogen-bond acceptors (Lipinski definition) is 6. The molecule has 1 saturated heterocycles. The minimum absolute atomic E-state index is 0.0357. The number of nitrogens with two attached hydrogens (primary N) is 1. The third kappa shape index (κ3) is 3.28. The number of anilines is 1. The second-order valence-electron chi connectivity index (χ2n) is 4.45. The van der Waals surface area contributed by atoms with Crippen LogP contribution in [0.3, 0.4) is 0 Å². The average molecular weight is 285 g/mol. The minimum Gasteiger partial charge on any atom is -0.379 e. The van der Waals surface area contributed by atoms with Crippen LogP contribution in [0.4, 0.5) is 5.69 Å². The summed E-state index contributed by atoms with van der Waals surface area (Å²) < 4.78 is 27.6. The number of rotatable bonds is 3. The first-order valence-corrected chi connectivity index (χ1v) is 7.57. The van der Waals surface area contributed by atoms with Crippen molar-refractivity contribution < 1.29 is 17.9 Å². The molecule has 2 rings (SSSR count). The Labute approximate surface area is 111 Å². The number of nitrogens with zero attached hydrogens (tertiary/aromatic N) is 1. The smallest absolute Gasteiger partial charge is 0.231 e. The molecule has 2 atom stereocenters. The lowest BCUT2D eigenvalue weighted by molar-refractivity contribution is -0.120. The molecule has 1 aliphatic rings. The molecular formula is C11H15N3O4S. The highest BCUT2D eigenvalue weighted by atomic mass is 32.2. The molecule has 104 valence electrons. The van der Waals surface area contributed by atoms with Gasteiger partial charge in [-0.15, -0.1) is 0 Å². The number of carbonyl (C=O) groups excluding carboxylic acids is 1. The van der Waals surface area contributed by atoms with E-state index in [1.165, 1.54) is 18.3 Å². The van der Waals surface area contributed by atoms with E-state index in [1.807, 2.05) is 0 Å². The van der Waals surface area contributed by atoms with Gasteiger partial charge < -0.3 is 15.8 Å². The molecule has 2 unspecified atom stereocenters. The maximum Gasteiger partial charge on any atom is 0.231 e. The summed E-state index contributed by atoms with van der Waals surface area (Å²) in [6, 6.07) is 2.52. The number of pyridine rings is 1. The predicted octanol–water partition coefficient (Wildman–Crippen LogP) is -0.603. The van der Waals surface area contributed by atoms with Crippen molar-refractivity contribution in [3.05, 3.63) is 18.3 Å². The number of nitrogens with one attached hydrogen (secondary N) is 1. The second kappa shape index (κ2) is 5.24. The monoisotopic (exact) mass is 285 g/mol. The Kier molecular flexibility index (Phi) is 3.83. The number of amides is 1. The molecule has 1 aliphatic heterocycles. The van der Waals surface area contributed by atoms with E-state index in [0.717, 1.165) is 6.26 Å². The van der Waals surface area contributed by atoms with Gasteiger partial charge in [0.1, 0.15) is 0 Å². The molecular weight excluding hydrogens is 270 g/mol. The molecule has 0 radical (unpaired) electrons. The molecule has 19 heavy (non-hydrogen) atoms. The van der Waals surface area contributed by atoms with Gasteiger partial charge >= 0.3 is 0 Å². The number of ether oxygens (including phenoxy) is 1. The molecule has 1 amide bonds. The molecule has 8 heteroatoms. The van der Waals surface area contributed by atoms with Crippen molar-refractivity contribution in [2.45, 2.75) is 11.1 Å². The second-order valence-corrected chi connectivity index (χ2v) is 6.42. The molecule has 1 aromatic rings. The highest BCUT2D eigenvalue weighted by molar-refractivity contribution is 7.90. The van der Waals surface area contributed by atoms with E-state index >= 15 is 0 Å². The van der Waals surface area contributed by atoms with Gasteiger partial charge in [-0.25, -0.2) is 13.4 Å². The Morgan fingerprint density at radius 1 is 1.47 bits per heavy atom. The summed E-state index contributed by atoms with van der Waals surface area (Å²) in [6.07, 6.45) is 2.37. The number of sulfone groups is 1. The Morgan fingerprint density at radius 3 is 2.68 bits per heavy atom. The predicted molar refractivity (Wildman–Crippen MR) is 68.3 cm³/mol. The first-order valence-electron chi connectivity index (χ1n) is 5.68. The van der Waals surface area contributed by atoms with Crippen LogP contribution in [0.15, 0.2) is 23.4 Å². The van der Waals surface area contributed by atoms with E-state index < -0.39 is 15.8 Å². The third-order valence-corrected chi connectivity index (χ3v) is 3.85. The molecule has 0 saturated carbocycles. The molecule has 7 nitrogen and oxygen atoms in total. The first-order chi connectivity index (χ1) is 8.88. The third-order valence-electron chi connectivity index (χ3n) is 2.85. The summed E-state index contributed by atoms with van der Waals surface area (Å²) in [5.41, 5.74) is 6.16. The summed E-state index contributed by atoms with van der Waals surface area (Å²) in [5, 5.41) is 2.60. The van der Waals surface area contributed by atoms with Crippen LogP contribution < -0.4 is 11.1 Å². The largest absolute Gasteiger partial charge is 0.379 e. The van der Waals surface area contributed by atoms with Crippen molar-refractivity contribution in [2.75, 3.05) is 24.8 Å². The van der Waals surface area contributed by atoms with Crippen molar-refractivity contribution in [1.82, 2.24) is 4.98 Å². The van der Waals surface area contributed by atoms with Crippen LogP contribution >= 0.6 is 0 Å². The van der Waals surface area contributed by atoms with Crippen LogP contribution in [-0.4, -0.2) is 44.8 Å². The first kappa shape index (κ1) is 13.9. The summed E-state index contributed by atoms with van der Waals surface area (Å²) in [7, 11) is -3.34. The van der Waals surface area contributed by atoms with E-state index in [0.29, 0.717) is 18.9 Å². The van der Waals surface area contributed by atoms with Crippen molar-refractivity contribution in [3.63, 3.8) is 0 Å². The van der Waals surface area contributed by atoms with Gasteiger partial charge in [0.25, 0.3) is 0 Å². The Bertz CT molecular complexity index is 570. The molecule has 1 aromatic heterocycles. The van der Waals surface area contributed by atoms with Crippen molar-refractivity contribution >= 4 is 21.4 Å². The topological polar surface area (TPSA) is 111 Å². The van der Waals surface area contributed by atoms with E-state index in [-0.39, 0.29) is 17.0 Å². The lowest BCUT2D eigenvalue weighted by Crippen LogP contribution is -2.37. The normalized spacial score (nSPS) is 23.3. The lowest BCUT2D eigenvalue weighted by Gasteiger charge is -2.13. The summed E-state index contributed by atoms with van der Waals surface area (Å²) >= 11 is 0. The Hall–Kier alpha value is -1.51. The SMILES string of the molecule is CS(=O)(=O)c1ccc(NC(=O)C2COCC2N)cn1.